The SMILES string of the molecule is Cc1cccc(N2C(=O)/C(=C/c3ccc(Oc4ccc(C(F)(F)F)cc4[N+](=O)[O-])c(Cl)c3)C(=O)NC2=S)c1. The Kier molecular flexibility index (Phi) is 7.20. The Morgan fingerprint density at radius 2 is 1.79 bits per heavy atom. The van der Waals surface area contributed by atoms with Crippen molar-refractivity contribution in [1.82, 2.24) is 5.32 Å². The van der Waals surface area contributed by atoms with Crippen LogP contribution < -0.4 is 15.0 Å². The highest BCUT2D eigenvalue weighted by Gasteiger charge is 2.35. The number of rotatable bonds is 5. The Morgan fingerprint density at radius 1 is 1.08 bits per heavy atom. The molecule has 0 spiro atoms. The summed E-state index contributed by atoms with van der Waals surface area (Å²) in [5.41, 5.74) is -0.706. The van der Waals surface area contributed by atoms with Crippen molar-refractivity contribution in [2.24, 2.45) is 0 Å². The summed E-state index contributed by atoms with van der Waals surface area (Å²) >= 11 is 11.4. The van der Waals surface area contributed by atoms with E-state index in [1.54, 1.807) is 18.2 Å². The predicted molar refractivity (Wildman–Crippen MR) is 137 cm³/mol. The Hall–Kier alpha value is -4.29. The van der Waals surface area contributed by atoms with Gasteiger partial charge < -0.3 is 4.74 Å². The molecule has 0 saturated carbocycles. The summed E-state index contributed by atoms with van der Waals surface area (Å²) in [6.07, 6.45) is -3.50. The second-order valence-corrected chi connectivity index (χ2v) is 8.82. The molecular weight excluding hydrogens is 547 g/mol. The molecule has 38 heavy (non-hydrogen) atoms. The van der Waals surface area contributed by atoms with Gasteiger partial charge in [-0.3, -0.25) is 29.9 Å². The summed E-state index contributed by atoms with van der Waals surface area (Å²) in [7, 11) is 0. The van der Waals surface area contributed by atoms with Gasteiger partial charge >= 0.3 is 11.9 Å². The van der Waals surface area contributed by atoms with Crippen LogP contribution in [0.4, 0.5) is 24.5 Å². The summed E-state index contributed by atoms with van der Waals surface area (Å²) in [6.45, 7) is 1.83. The van der Waals surface area contributed by atoms with Gasteiger partial charge in [0.25, 0.3) is 11.8 Å². The van der Waals surface area contributed by atoms with E-state index in [0.29, 0.717) is 23.4 Å². The lowest BCUT2D eigenvalue weighted by Gasteiger charge is -2.29. The summed E-state index contributed by atoms with van der Waals surface area (Å²) in [5, 5.41) is 13.6. The number of aryl methyl sites for hydroxylation is 1. The zero-order valence-corrected chi connectivity index (χ0v) is 20.8. The van der Waals surface area contributed by atoms with E-state index in [1.165, 1.54) is 29.2 Å². The molecule has 1 aliphatic rings. The minimum absolute atomic E-state index is 0.0803. The molecule has 1 aliphatic heterocycles. The number of ether oxygens (including phenoxy) is 1. The second-order valence-electron chi connectivity index (χ2n) is 8.03. The van der Waals surface area contributed by atoms with Crippen molar-refractivity contribution in [2.75, 3.05) is 4.90 Å². The number of nitrogens with zero attached hydrogens (tertiary/aromatic N) is 2. The number of alkyl halides is 3. The molecule has 0 bridgehead atoms. The number of hydrogen-bond donors (Lipinski definition) is 1. The maximum atomic E-state index is 13.2. The lowest BCUT2D eigenvalue weighted by molar-refractivity contribution is -0.385. The highest BCUT2D eigenvalue weighted by molar-refractivity contribution is 7.80. The van der Waals surface area contributed by atoms with Crippen LogP contribution >= 0.6 is 23.8 Å². The smallest absolute Gasteiger partial charge is 0.416 e. The molecule has 3 aromatic carbocycles. The predicted octanol–water partition coefficient (Wildman–Crippen LogP) is 6.20. The molecule has 0 aromatic heterocycles. The summed E-state index contributed by atoms with van der Waals surface area (Å²) in [6, 6.07) is 12.8. The normalized spacial score (nSPS) is 15.0. The first-order chi connectivity index (χ1) is 17.8. The third-order valence-electron chi connectivity index (χ3n) is 5.33. The lowest BCUT2D eigenvalue weighted by atomic mass is 10.1. The summed E-state index contributed by atoms with van der Waals surface area (Å²) < 4.78 is 44.3. The van der Waals surface area contributed by atoms with E-state index in [9.17, 15) is 32.9 Å². The minimum Gasteiger partial charge on any atom is -0.449 e. The van der Waals surface area contributed by atoms with Gasteiger partial charge in [0, 0.05) is 6.07 Å². The Morgan fingerprint density at radius 3 is 2.42 bits per heavy atom. The molecule has 194 valence electrons. The van der Waals surface area contributed by atoms with Gasteiger partial charge in [-0.05, 0) is 72.7 Å². The second kappa shape index (κ2) is 10.2. The third kappa shape index (κ3) is 5.50. The number of nitro groups is 1. The lowest BCUT2D eigenvalue weighted by Crippen LogP contribution is -2.54. The number of anilines is 1. The fourth-order valence-electron chi connectivity index (χ4n) is 3.56. The zero-order chi connectivity index (χ0) is 27.8. The van der Waals surface area contributed by atoms with Gasteiger partial charge in [0.2, 0.25) is 5.75 Å². The Bertz CT molecular complexity index is 1540. The number of carbonyl (C=O) groups excluding carboxylic acids is 2. The molecule has 13 heteroatoms. The van der Waals surface area contributed by atoms with E-state index in [1.807, 2.05) is 13.0 Å². The van der Waals surface area contributed by atoms with Crippen molar-refractivity contribution in [1.29, 1.82) is 0 Å². The number of amides is 2. The van der Waals surface area contributed by atoms with E-state index >= 15 is 0 Å². The third-order valence-corrected chi connectivity index (χ3v) is 5.91. The first kappa shape index (κ1) is 26.8. The number of halogens is 4. The van der Waals surface area contributed by atoms with Crippen LogP contribution in [0, 0.1) is 17.0 Å². The average molecular weight is 562 g/mol. The van der Waals surface area contributed by atoms with Gasteiger partial charge in [0.15, 0.2) is 5.11 Å². The van der Waals surface area contributed by atoms with Crippen LogP contribution in [0.15, 0.2) is 66.2 Å². The summed E-state index contributed by atoms with van der Waals surface area (Å²) in [5.74, 6) is -1.94. The zero-order valence-electron chi connectivity index (χ0n) is 19.2. The van der Waals surface area contributed by atoms with Crippen molar-refractivity contribution in [3.63, 3.8) is 0 Å². The number of hydrogen-bond acceptors (Lipinski definition) is 6. The van der Waals surface area contributed by atoms with E-state index in [0.717, 1.165) is 11.6 Å². The average Bonchev–Trinajstić information content (AvgIpc) is 2.82. The minimum atomic E-state index is -4.78. The van der Waals surface area contributed by atoms with Crippen LogP contribution in [-0.4, -0.2) is 21.9 Å². The van der Waals surface area contributed by atoms with Crippen LogP contribution in [0.5, 0.6) is 11.5 Å². The van der Waals surface area contributed by atoms with Crippen LogP contribution in [-0.2, 0) is 15.8 Å². The molecule has 0 unspecified atom stereocenters. The topological polar surface area (TPSA) is 102 Å². The number of carbonyl (C=O) groups is 2. The van der Waals surface area contributed by atoms with E-state index in [-0.39, 0.29) is 21.5 Å². The number of thiocarbonyl (C=S) groups is 1. The fraction of sp³-hybridized carbons (Fsp3) is 0.0800. The number of nitro benzene ring substituents is 1. The van der Waals surface area contributed by atoms with E-state index in [2.05, 4.69) is 5.32 Å². The van der Waals surface area contributed by atoms with Crippen molar-refractivity contribution < 1.29 is 32.4 Å². The van der Waals surface area contributed by atoms with Crippen LogP contribution in [0.2, 0.25) is 5.02 Å². The maximum Gasteiger partial charge on any atom is 0.416 e. The molecule has 1 heterocycles. The molecule has 1 fully saturated rings. The van der Waals surface area contributed by atoms with Gasteiger partial charge in [-0.15, -0.1) is 0 Å². The van der Waals surface area contributed by atoms with E-state index in [4.69, 9.17) is 28.6 Å². The Balaban J connectivity index is 1.64. The highest BCUT2D eigenvalue weighted by Crippen LogP contribution is 2.39. The van der Waals surface area contributed by atoms with E-state index < -0.39 is 39.9 Å². The van der Waals surface area contributed by atoms with Gasteiger partial charge in [-0.1, -0.05) is 29.8 Å². The van der Waals surface area contributed by atoms with Crippen molar-refractivity contribution in [2.45, 2.75) is 13.1 Å². The highest BCUT2D eigenvalue weighted by atomic mass is 35.5. The molecule has 1 saturated heterocycles. The van der Waals surface area contributed by atoms with Gasteiger partial charge in [-0.2, -0.15) is 13.2 Å². The molecule has 1 N–H and O–H groups in total. The van der Waals surface area contributed by atoms with Gasteiger partial charge in [-0.25, -0.2) is 0 Å². The maximum absolute atomic E-state index is 13.2. The van der Waals surface area contributed by atoms with Crippen LogP contribution in [0.1, 0.15) is 16.7 Å². The van der Waals surface area contributed by atoms with Crippen molar-refractivity contribution in [3.05, 3.63) is 98.1 Å². The van der Waals surface area contributed by atoms with Gasteiger partial charge in [0.1, 0.15) is 11.3 Å². The number of nitrogens with one attached hydrogen (secondary N) is 1. The standard InChI is InChI=1S/C25H15ClF3N3O5S/c1-13-3-2-4-16(9-13)31-23(34)17(22(33)30-24(31)38)10-14-5-7-20(18(26)11-14)37-21-8-6-15(25(27,28)29)12-19(21)32(35)36/h2-12H,1H3,(H,30,33,38)/b17-10+. The molecule has 2 amide bonds. The van der Waals surface area contributed by atoms with Crippen LogP contribution in [0.3, 0.4) is 0 Å². The molecule has 3 aromatic rings. The molecule has 0 aliphatic carbocycles. The Labute approximate surface area is 223 Å². The molecule has 0 radical (unpaired) electrons. The van der Waals surface area contributed by atoms with Crippen molar-refractivity contribution in [3.8, 4) is 11.5 Å². The quantitative estimate of drug-likeness (QED) is 0.131. The van der Waals surface area contributed by atoms with Crippen LogP contribution in [0.25, 0.3) is 6.08 Å². The molecular formula is C25H15ClF3N3O5S. The fourth-order valence-corrected chi connectivity index (χ4v) is 4.07. The molecule has 4 rings (SSSR count). The molecule has 0 atom stereocenters. The monoisotopic (exact) mass is 561 g/mol. The van der Waals surface area contributed by atoms with Crippen molar-refractivity contribution >= 4 is 58.2 Å². The number of benzene rings is 3. The first-order valence-corrected chi connectivity index (χ1v) is 11.4. The molecule has 8 nitrogen and oxygen atoms in total. The van der Waals surface area contributed by atoms with Gasteiger partial charge in [0.05, 0.1) is 21.2 Å². The summed E-state index contributed by atoms with van der Waals surface area (Å²) in [4.78, 5) is 37.2. The first-order valence-electron chi connectivity index (χ1n) is 10.7. The largest absolute Gasteiger partial charge is 0.449 e.